The van der Waals surface area contributed by atoms with Gasteiger partial charge in [-0.1, -0.05) is 72.8 Å². The fraction of sp³-hybridized carbons (Fsp3) is 0.0333. The largest absolute Gasteiger partial charge is 0.308 e. The van der Waals surface area contributed by atoms with Crippen molar-refractivity contribution in [3.8, 4) is 16.8 Å². The first-order chi connectivity index (χ1) is 16.4. The molecular weight excluding hydrogens is 420 g/mol. The third kappa shape index (κ3) is 2.25. The lowest BCUT2D eigenvalue weighted by Gasteiger charge is -2.06. The monoisotopic (exact) mass is 438 g/mol. The van der Waals surface area contributed by atoms with Crippen LogP contribution < -0.4 is 0 Å². The van der Waals surface area contributed by atoms with Crippen molar-refractivity contribution in [2.45, 2.75) is 6.42 Å². The Morgan fingerprint density at radius 1 is 0.667 bits per heavy atom. The topological polar surface area (TPSA) is 17.8 Å². The average molecular weight is 439 g/mol. The fourth-order valence-electron chi connectivity index (χ4n) is 5.65. The Labute approximate surface area is 194 Å². The highest BCUT2D eigenvalue weighted by Crippen LogP contribution is 2.48. The third-order valence-corrected chi connectivity index (χ3v) is 8.28. The van der Waals surface area contributed by atoms with Gasteiger partial charge in [-0.05, 0) is 41.3 Å². The van der Waals surface area contributed by atoms with E-state index in [-0.39, 0.29) is 0 Å². The molecular formula is C30H18N2S. The third-order valence-electron chi connectivity index (χ3n) is 7.05. The lowest BCUT2D eigenvalue weighted by molar-refractivity contribution is 1.17. The standard InChI is InChI=1S/C30H18N2S/c1-2-9-20(10-3-1)32-24-13-7-6-12-22(24)27-25(32)17-31-28-23-15-14-19-16-18-8-4-5-11-21(18)26(19)29(23)33-30(27)28/h1-15,17H,16H2. The van der Waals surface area contributed by atoms with E-state index in [4.69, 9.17) is 4.98 Å². The van der Waals surface area contributed by atoms with Crippen LogP contribution in [0.2, 0.25) is 0 Å². The Bertz CT molecular complexity index is 1890. The number of hydrogen-bond donors (Lipinski definition) is 0. The van der Waals surface area contributed by atoms with E-state index in [1.165, 1.54) is 64.5 Å². The first-order valence-corrected chi connectivity index (χ1v) is 12.1. The van der Waals surface area contributed by atoms with Gasteiger partial charge in [-0.15, -0.1) is 11.3 Å². The van der Waals surface area contributed by atoms with Gasteiger partial charge in [0.25, 0.3) is 0 Å². The zero-order valence-electron chi connectivity index (χ0n) is 17.7. The Balaban J connectivity index is 1.56. The van der Waals surface area contributed by atoms with E-state index >= 15 is 0 Å². The van der Waals surface area contributed by atoms with E-state index in [9.17, 15) is 0 Å². The molecule has 8 rings (SSSR count). The molecule has 1 aliphatic rings. The molecule has 2 nitrogen and oxygen atoms in total. The van der Waals surface area contributed by atoms with Gasteiger partial charge in [0.2, 0.25) is 0 Å². The summed E-state index contributed by atoms with van der Waals surface area (Å²) in [7, 11) is 0. The fourth-order valence-corrected chi connectivity index (χ4v) is 7.05. The summed E-state index contributed by atoms with van der Waals surface area (Å²) in [6.45, 7) is 0. The zero-order valence-corrected chi connectivity index (χ0v) is 18.6. The van der Waals surface area contributed by atoms with Crippen molar-refractivity contribution in [1.82, 2.24) is 9.55 Å². The molecule has 0 atom stereocenters. The number of hydrogen-bond acceptors (Lipinski definition) is 2. The Morgan fingerprint density at radius 2 is 1.48 bits per heavy atom. The first-order valence-electron chi connectivity index (χ1n) is 11.3. The van der Waals surface area contributed by atoms with Crippen LogP contribution in [0.15, 0.2) is 97.2 Å². The van der Waals surface area contributed by atoms with Crippen LogP contribution in [0, 0.1) is 0 Å². The van der Waals surface area contributed by atoms with Gasteiger partial charge < -0.3 is 4.57 Å². The van der Waals surface area contributed by atoms with E-state index in [0.29, 0.717) is 0 Å². The SMILES string of the molecule is c1ccc(-n2c3ccccc3c3c4sc5c6c(ccc5c4ncc32)Cc2ccccc2-6)cc1. The van der Waals surface area contributed by atoms with Crippen LogP contribution in [0.5, 0.6) is 0 Å². The quantitative estimate of drug-likeness (QED) is 0.253. The molecule has 0 fully saturated rings. The summed E-state index contributed by atoms with van der Waals surface area (Å²) in [5, 5.41) is 3.86. The number of rotatable bonds is 1. The Hall–Kier alpha value is -3.95. The maximum Gasteiger partial charge on any atom is 0.0896 e. The molecule has 0 spiro atoms. The normalized spacial score (nSPS) is 12.7. The molecule has 3 aromatic heterocycles. The zero-order chi connectivity index (χ0) is 21.5. The number of benzene rings is 4. The maximum atomic E-state index is 5.05. The van der Waals surface area contributed by atoms with Crippen molar-refractivity contribution in [2.75, 3.05) is 0 Å². The second-order valence-electron chi connectivity index (χ2n) is 8.80. The van der Waals surface area contributed by atoms with Gasteiger partial charge in [0.05, 0.1) is 27.4 Å². The number of para-hydroxylation sites is 2. The van der Waals surface area contributed by atoms with E-state index < -0.39 is 0 Å². The van der Waals surface area contributed by atoms with Gasteiger partial charge in [0.15, 0.2) is 0 Å². The summed E-state index contributed by atoms with van der Waals surface area (Å²) >= 11 is 1.91. The van der Waals surface area contributed by atoms with Crippen LogP contribution >= 0.6 is 11.3 Å². The van der Waals surface area contributed by atoms with Crippen LogP contribution in [0.1, 0.15) is 11.1 Å². The summed E-state index contributed by atoms with van der Waals surface area (Å²) in [5.41, 5.74) is 10.3. The molecule has 33 heavy (non-hydrogen) atoms. The number of fused-ring (bicyclic) bond motifs is 11. The minimum Gasteiger partial charge on any atom is -0.308 e. The molecule has 154 valence electrons. The second-order valence-corrected chi connectivity index (χ2v) is 9.82. The summed E-state index contributed by atoms with van der Waals surface area (Å²) < 4.78 is 5.00. The van der Waals surface area contributed by atoms with Crippen LogP contribution in [0.25, 0.3) is 58.9 Å². The molecule has 7 aromatic rings. The molecule has 4 aromatic carbocycles. The second kappa shape index (κ2) is 6.31. The van der Waals surface area contributed by atoms with Crippen LogP contribution in [0.3, 0.4) is 0 Å². The predicted octanol–water partition coefficient (Wildman–Crippen LogP) is 8.12. The minimum absolute atomic E-state index is 1.02. The molecule has 1 aliphatic carbocycles. The highest BCUT2D eigenvalue weighted by Gasteiger charge is 2.24. The molecule has 0 saturated heterocycles. The molecule has 0 N–H and O–H groups in total. The van der Waals surface area contributed by atoms with E-state index in [0.717, 1.165) is 11.9 Å². The number of aromatic nitrogens is 2. The maximum absolute atomic E-state index is 5.05. The van der Waals surface area contributed by atoms with Gasteiger partial charge in [0, 0.05) is 32.1 Å². The number of nitrogens with zero attached hydrogens (tertiary/aromatic N) is 2. The van der Waals surface area contributed by atoms with E-state index in [1.54, 1.807) is 0 Å². The van der Waals surface area contributed by atoms with Gasteiger partial charge in [-0.2, -0.15) is 0 Å². The van der Waals surface area contributed by atoms with Crippen LogP contribution in [0.4, 0.5) is 0 Å². The van der Waals surface area contributed by atoms with Crippen molar-refractivity contribution >= 4 is 53.4 Å². The molecule has 0 unspecified atom stereocenters. The van der Waals surface area contributed by atoms with Gasteiger partial charge in [-0.25, -0.2) is 0 Å². The molecule has 0 aliphatic heterocycles. The average Bonchev–Trinajstić information content (AvgIpc) is 3.53. The summed E-state index contributed by atoms with van der Waals surface area (Å²) in [4.78, 5) is 5.05. The van der Waals surface area contributed by atoms with Crippen molar-refractivity contribution in [2.24, 2.45) is 0 Å². The lowest BCUT2D eigenvalue weighted by Crippen LogP contribution is -1.93. The Kier molecular flexibility index (Phi) is 3.36. The van der Waals surface area contributed by atoms with E-state index in [1.807, 2.05) is 11.3 Å². The smallest absolute Gasteiger partial charge is 0.0896 e. The molecule has 3 heterocycles. The summed E-state index contributed by atoms with van der Waals surface area (Å²) in [6.07, 6.45) is 3.09. The van der Waals surface area contributed by atoms with Crippen molar-refractivity contribution in [3.63, 3.8) is 0 Å². The number of pyridine rings is 1. The highest BCUT2D eigenvalue weighted by atomic mass is 32.1. The van der Waals surface area contributed by atoms with Crippen molar-refractivity contribution in [1.29, 1.82) is 0 Å². The molecule has 0 bridgehead atoms. The van der Waals surface area contributed by atoms with Gasteiger partial charge >= 0.3 is 0 Å². The van der Waals surface area contributed by atoms with Gasteiger partial charge in [-0.3, -0.25) is 4.98 Å². The first kappa shape index (κ1) is 17.6. The van der Waals surface area contributed by atoms with Crippen molar-refractivity contribution < 1.29 is 0 Å². The van der Waals surface area contributed by atoms with Crippen molar-refractivity contribution in [3.05, 3.63) is 108 Å². The van der Waals surface area contributed by atoms with E-state index in [2.05, 4.69) is 102 Å². The minimum atomic E-state index is 1.02. The number of thiophene rings is 1. The predicted molar refractivity (Wildman–Crippen MR) is 140 cm³/mol. The molecule has 0 amide bonds. The highest BCUT2D eigenvalue weighted by molar-refractivity contribution is 7.27. The van der Waals surface area contributed by atoms with Crippen LogP contribution in [-0.2, 0) is 6.42 Å². The molecule has 0 radical (unpaired) electrons. The molecule has 0 saturated carbocycles. The Morgan fingerprint density at radius 3 is 2.42 bits per heavy atom. The summed E-state index contributed by atoms with van der Waals surface area (Å²) in [5.74, 6) is 0. The summed E-state index contributed by atoms with van der Waals surface area (Å²) in [6, 6.07) is 32.8. The van der Waals surface area contributed by atoms with Crippen LogP contribution in [-0.4, -0.2) is 9.55 Å². The lowest BCUT2D eigenvalue weighted by atomic mass is 10.0. The van der Waals surface area contributed by atoms with Gasteiger partial charge in [0.1, 0.15) is 0 Å². The molecule has 3 heteroatoms.